The van der Waals surface area contributed by atoms with Crippen LogP contribution in [0.25, 0.3) is 0 Å². The first kappa shape index (κ1) is 13.4. The van der Waals surface area contributed by atoms with Gasteiger partial charge in [-0.1, -0.05) is 0 Å². The number of nitrogens with zero attached hydrogens (tertiary/aromatic N) is 2. The molecule has 0 aliphatic carbocycles. The van der Waals surface area contributed by atoms with Crippen LogP contribution in [0.2, 0.25) is 0 Å². The number of hydrogen-bond donors (Lipinski definition) is 1. The molecule has 1 rings (SSSR count). The molecule has 4 nitrogen and oxygen atoms in total. The van der Waals surface area contributed by atoms with Gasteiger partial charge in [0.05, 0.1) is 15.9 Å². The third-order valence-electron chi connectivity index (χ3n) is 2.28. The van der Waals surface area contributed by atoms with Gasteiger partial charge >= 0.3 is 0 Å². The predicted octanol–water partition coefficient (Wildman–Crippen LogP) is 1.73. The van der Waals surface area contributed by atoms with E-state index in [4.69, 9.17) is 5.73 Å². The number of rotatable bonds is 4. The van der Waals surface area contributed by atoms with E-state index in [0.717, 1.165) is 15.9 Å². The zero-order chi connectivity index (χ0) is 12.5. The van der Waals surface area contributed by atoms with E-state index in [9.17, 15) is 4.79 Å². The van der Waals surface area contributed by atoms with Gasteiger partial charge in [0.15, 0.2) is 0 Å². The van der Waals surface area contributed by atoms with Crippen LogP contribution in [0.4, 0.5) is 0 Å². The summed E-state index contributed by atoms with van der Waals surface area (Å²) in [6, 6.07) is 0. The lowest BCUT2D eigenvalue weighted by molar-refractivity contribution is -0.119. The van der Waals surface area contributed by atoms with Crippen LogP contribution in [0.1, 0.15) is 31.7 Å². The van der Waals surface area contributed by atoms with E-state index in [1.165, 1.54) is 0 Å². The van der Waals surface area contributed by atoms with Crippen molar-refractivity contribution < 1.29 is 4.79 Å². The van der Waals surface area contributed by atoms with Crippen molar-refractivity contribution in [2.75, 3.05) is 0 Å². The van der Waals surface area contributed by atoms with Gasteiger partial charge in [-0.25, -0.2) is 0 Å². The second-order valence-corrected chi connectivity index (χ2v) is 5.64. The Kier molecular flexibility index (Phi) is 3.91. The number of aromatic nitrogens is 2. The molecular weight excluding hydrogens is 270 g/mol. The highest BCUT2D eigenvalue weighted by atomic mass is 79.9. The highest BCUT2D eigenvalue weighted by molar-refractivity contribution is 9.10. The second kappa shape index (κ2) is 4.67. The number of ketones is 1. The van der Waals surface area contributed by atoms with Crippen LogP contribution in [-0.2, 0) is 18.3 Å². The molecule has 1 aromatic heterocycles. The van der Waals surface area contributed by atoms with E-state index in [2.05, 4.69) is 21.0 Å². The minimum Gasteiger partial charge on any atom is -0.325 e. The van der Waals surface area contributed by atoms with Gasteiger partial charge in [0.25, 0.3) is 0 Å². The molecule has 90 valence electrons. The smallest absolute Gasteiger partial charge is 0.140 e. The summed E-state index contributed by atoms with van der Waals surface area (Å²) in [4.78, 5) is 11.8. The maximum absolute atomic E-state index is 11.8. The zero-order valence-electron chi connectivity index (χ0n) is 10.2. The molecule has 2 N–H and O–H groups in total. The molecule has 0 amide bonds. The van der Waals surface area contributed by atoms with Gasteiger partial charge in [0, 0.05) is 25.4 Å². The SMILES string of the molecule is Cc1nn(C)c(CC(=O)CC(C)(C)N)c1Br. The van der Waals surface area contributed by atoms with Crippen molar-refractivity contribution in [2.45, 2.75) is 39.2 Å². The molecule has 5 heteroatoms. The first-order valence-corrected chi connectivity index (χ1v) is 5.98. The molecule has 0 bridgehead atoms. The fourth-order valence-corrected chi connectivity index (χ4v) is 2.11. The number of nitrogens with two attached hydrogens (primary N) is 1. The minimum absolute atomic E-state index is 0.135. The zero-order valence-corrected chi connectivity index (χ0v) is 11.8. The van der Waals surface area contributed by atoms with Crippen molar-refractivity contribution in [3.8, 4) is 0 Å². The Bertz CT molecular complexity index is 404. The van der Waals surface area contributed by atoms with E-state index in [-0.39, 0.29) is 5.78 Å². The molecule has 0 aromatic carbocycles. The molecule has 0 aliphatic heterocycles. The van der Waals surface area contributed by atoms with E-state index >= 15 is 0 Å². The highest BCUT2D eigenvalue weighted by Gasteiger charge is 2.19. The van der Waals surface area contributed by atoms with E-state index in [0.29, 0.717) is 12.8 Å². The van der Waals surface area contributed by atoms with Gasteiger partial charge in [-0.05, 0) is 36.7 Å². The van der Waals surface area contributed by atoms with Crippen molar-refractivity contribution >= 4 is 21.7 Å². The van der Waals surface area contributed by atoms with Crippen LogP contribution in [0.15, 0.2) is 4.47 Å². The van der Waals surface area contributed by atoms with E-state index < -0.39 is 5.54 Å². The van der Waals surface area contributed by atoms with Crippen LogP contribution in [-0.4, -0.2) is 21.1 Å². The van der Waals surface area contributed by atoms with Gasteiger partial charge in [-0.15, -0.1) is 0 Å². The molecule has 1 aromatic rings. The summed E-state index contributed by atoms with van der Waals surface area (Å²) in [5, 5.41) is 4.25. The molecule has 0 spiro atoms. The molecular formula is C11H18BrN3O. The Morgan fingerprint density at radius 3 is 2.50 bits per heavy atom. The molecule has 0 fully saturated rings. The van der Waals surface area contributed by atoms with Crippen molar-refractivity contribution in [3.05, 3.63) is 15.9 Å². The number of halogens is 1. The van der Waals surface area contributed by atoms with Gasteiger partial charge in [0.1, 0.15) is 5.78 Å². The molecule has 0 saturated carbocycles. The van der Waals surface area contributed by atoms with Crippen LogP contribution in [0.3, 0.4) is 0 Å². The molecule has 16 heavy (non-hydrogen) atoms. The third-order valence-corrected chi connectivity index (χ3v) is 3.31. The van der Waals surface area contributed by atoms with Crippen LogP contribution in [0.5, 0.6) is 0 Å². The second-order valence-electron chi connectivity index (χ2n) is 4.85. The van der Waals surface area contributed by atoms with Crippen molar-refractivity contribution in [1.82, 2.24) is 9.78 Å². The maximum Gasteiger partial charge on any atom is 0.140 e. The third kappa shape index (κ3) is 3.42. The normalized spacial score (nSPS) is 11.9. The maximum atomic E-state index is 11.8. The summed E-state index contributed by atoms with van der Waals surface area (Å²) in [6.07, 6.45) is 0.752. The average Bonchev–Trinajstić information content (AvgIpc) is 2.29. The molecule has 0 saturated heterocycles. The fraction of sp³-hybridized carbons (Fsp3) is 0.636. The van der Waals surface area contributed by atoms with Crippen molar-refractivity contribution in [1.29, 1.82) is 0 Å². The highest BCUT2D eigenvalue weighted by Crippen LogP contribution is 2.21. The lowest BCUT2D eigenvalue weighted by atomic mass is 9.97. The molecule has 0 atom stereocenters. The Hall–Kier alpha value is -0.680. The number of hydrogen-bond acceptors (Lipinski definition) is 3. The van der Waals surface area contributed by atoms with Gasteiger partial charge < -0.3 is 5.73 Å². The van der Waals surface area contributed by atoms with Gasteiger partial charge in [-0.2, -0.15) is 5.10 Å². The molecule has 0 unspecified atom stereocenters. The molecule has 0 aliphatic rings. The van der Waals surface area contributed by atoms with Crippen LogP contribution < -0.4 is 5.73 Å². The van der Waals surface area contributed by atoms with E-state index in [1.807, 2.05) is 27.8 Å². The van der Waals surface area contributed by atoms with Gasteiger partial charge in [0.2, 0.25) is 0 Å². The lowest BCUT2D eigenvalue weighted by Gasteiger charge is -2.16. The number of Topliss-reactive ketones (excluding diaryl/α,β-unsaturated/α-hetero) is 1. The average molecular weight is 288 g/mol. The Morgan fingerprint density at radius 1 is 1.56 bits per heavy atom. The van der Waals surface area contributed by atoms with Crippen LogP contribution >= 0.6 is 15.9 Å². The molecule has 1 heterocycles. The Labute approximate surface area is 104 Å². The minimum atomic E-state index is -0.447. The van der Waals surface area contributed by atoms with E-state index in [1.54, 1.807) is 4.68 Å². The topological polar surface area (TPSA) is 60.9 Å². The summed E-state index contributed by atoms with van der Waals surface area (Å²) >= 11 is 3.44. The summed E-state index contributed by atoms with van der Waals surface area (Å²) in [6.45, 7) is 5.62. The largest absolute Gasteiger partial charge is 0.325 e. The van der Waals surface area contributed by atoms with Crippen molar-refractivity contribution in [3.63, 3.8) is 0 Å². The summed E-state index contributed by atoms with van der Waals surface area (Å²) in [5.41, 5.74) is 7.18. The summed E-state index contributed by atoms with van der Waals surface area (Å²) < 4.78 is 2.65. The monoisotopic (exact) mass is 287 g/mol. The molecule has 0 radical (unpaired) electrons. The first-order chi connectivity index (χ1) is 7.20. The fourth-order valence-electron chi connectivity index (χ4n) is 1.63. The van der Waals surface area contributed by atoms with Crippen LogP contribution in [0, 0.1) is 6.92 Å². The number of aryl methyl sites for hydroxylation is 2. The van der Waals surface area contributed by atoms with Crippen molar-refractivity contribution in [2.24, 2.45) is 12.8 Å². The standard InChI is InChI=1S/C11H18BrN3O/c1-7-10(12)9(15(4)14-7)5-8(16)6-11(2,3)13/h5-6,13H2,1-4H3. The first-order valence-electron chi connectivity index (χ1n) is 5.19. The summed E-state index contributed by atoms with van der Waals surface area (Å²) in [5.74, 6) is 0.135. The number of carbonyl (C=O) groups is 1. The Balaban J connectivity index is 2.78. The quantitative estimate of drug-likeness (QED) is 0.917. The predicted molar refractivity (Wildman–Crippen MR) is 67.2 cm³/mol. The summed E-state index contributed by atoms with van der Waals surface area (Å²) in [7, 11) is 1.84. The van der Waals surface area contributed by atoms with Gasteiger partial charge in [-0.3, -0.25) is 9.48 Å². The number of carbonyl (C=O) groups excluding carboxylic acids is 1. The Morgan fingerprint density at radius 2 is 2.12 bits per heavy atom. The lowest BCUT2D eigenvalue weighted by Crippen LogP contribution is -2.35.